The van der Waals surface area contributed by atoms with E-state index in [1.807, 2.05) is 0 Å². The maximum atomic E-state index is 11.9. The predicted octanol–water partition coefficient (Wildman–Crippen LogP) is 1.70. The third kappa shape index (κ3) is 5.24. The number of ether oxygens (including phenoxy) is 1. The molecule has 2 aromatic heterocycles. The SMILES string of the molecule is Cc1cc(NC(=O)COC(=O)/C=C/c2c(C)nn(C3CCS(=O)(=O)C3)c2Cl)no1. The summed E-state index contributed by atoms with van der Waals surface area (Å²) in [4.78, 5) is 23.6. The van der Waals surface area contributed by atoms with Crippen LogP contribution in [-0.2, 0) is 24.2 Å². The van der Waals surface area contributed by atoms with E-state index in [0.29, 0.717) is 23.4 Å². The number of sulfone groups is 1. The molecule has 12 heteroatoms. The first-order chi connectivity index (χ1) is 13.6. The summed E-state index contributed by atoms with van der Waals surface area (Å²) in [6.07, 6.45) is 2.99. The molecule has 0 saturated carbocycles. The largest absolute Gasteiger partial charge is 0.452 e. The summed E-state index contributed by atoms with van der Waals surface area (Å²) >= 11 is 6.33. The fraction of sp³-hybridized carbons (Fsp3) is 0.412. The molecule has 1 aliphatic heterocycles. The first-order valence-corrected chi connectivity index (χ1v) is 10.9. The van der Waals surface area contributed by atoms with Crippen LogP contribution in [-0.4, -0.2) is 53.3 Å². The van der Waals surface area contributed by atoms with Crippen molar-refractivity contribution < 1.29 is 27.3 Å². The molecule has 1 atom stereocenters. The topological polar surface area (TPSA) is 133 Å². The van der Waals surface area contributed by atoms with E-state index < -0.39 is 28.3 Å². The molecule has 0 aliphatic carbocycles. The zero-order chi connectivity index (χ0) is 21.2. The molecular formula is C17H19ClN4O6S. The highest BCUT2D eigenvalue weighted by Gasteiger charge is 2.31. The fourth-order valence-corrected chi connectivity index (χ4v) is 4.94. The number of hydrogen-bond acceptors (Lipinski definition) is 8. The van der Waals surface area contributed by atoms with E-state index in [9.17, 15) is 18.0 Å². The highest BCUT2D eigenvalue weighted by molar-refractivity contribution is 7.91. The van der Waals surface area contributed by atoms with Gasteiger partial charge in [-0.25, -0.2) is 17.9 Å². The maximum Gasteiger partial charge on any atom is 0.331 e. The van der Waals surface area contributed by atoms with Crippen LogP contribution in [0.25, 0.3) is 6.08 Å². The Morgan fingerprint density at radius 3 is 2.83 bits per heavy atom. The zero-order valence-electron chi connectivity index (χ0n) is 15.7. The summed E-state index contributed by atoms with van der Waals surface area (Å²) in [6.45, 7) is 2.87. The quantitative estimate of drug-likeness (QED) is 0.527. The average molecular weight is 443 g/mol. The van der Waals surface area contributed by atoms with Crippen LogP contribution in [0.3, 0.4) is 0 Å². The smallest absolute Gasteiger partial charge is 0.331 e. The molecule has 29 heavy (non-hydrogen) atoms. The van der Waals surface area contributed by atoms with Crippen molar-refractivity contribution in [1.82, 2.24) is 14.9 Å². The summed E-state index contributed by atoms with van der Waals surface area (Å²) in [5, 5.41) is 10.6. The number of nitrogens with zero attached hydrogens (tertiary/aromatic N) is 3. The second kappa shape index (κ2) is 8.37. The lowest BCUT2D eigenvalue weighted by molar-refractivity contribution is -0.142. The number of amides is 1. The third-order valence-corrected chi connectivity index (χ3v) is 6.38. The molecule has 3 heterocycles. The Morgan fingerprint density at radius 1 is 1.45 bits per heavy atom. The van der Waals surface area contributed by atoms with Gasteiger partial charge in [0, 0.05) is 17.7 Å². The van der Waals surface area contributed by atoms with Crippen molar-refractivity contribution in [2.24, 2.45) is 0 Å². The number of aromatic nitrogens is 3. The Morgan fingerprint density at radius 2 is 2.21 bits per heavy atom. The van der Waals surface area contributed by atoms with E-state index in [4.69, 9.17) is 20.9 Å². The van der Waals surface area contributed by atoms with Gasteiger partial charge in [-0.05, 0) is 26.3 Å². The first kappa shape index (κ1) is 21.1. The van der Waals surface area contributed by atoms with Crippen LogP contribution in [0.4, 0.5) is 5.82 Å². The summed E-state index contributed by atoms with van der Waals surface area (Å²) in [7, 11) is -3.09. The standard InChI is InChI=1S/C17H19ClN4O6S/c1-10-7-14(21-28-10)19-15(23)8-27-16(24)4-3-13-11(2)20-22(17(13)18)12-5-6-29(25,26)9-12/h3-4,7,12H,5-6,8-9H2,1-2H3,(H,19,21,23)/b4-3+. The summed E-state index contributed by atoms with van der Waals surface area (Å²) in [5.74, 6) is -0.474. The van der Waals surface area contributed by atoms with E-state index in [2.05, 4.69) is 15.6 Å². The second-order valence-corrected chi connectivity index (χ2v) is 9.19. The van der Waals surface area contributed by atoms with E-state index in [1.165, 1.54) is 16.8 Å². The van der Waals surface area contributed by atoms with Crippen molar-refractivity contribution in [2.75, 3.05) is 23.4 Å². The number of esters is 1. The van der Waals surface area contributed by atoms with Crippen molar-refractivity contribution >= 4 is 45.2 Å². The van der Waals surface area contributed by atoms with Gasteiger partial charge in [-0.3, -0.25) is 4.79 Å². The van der Waals surface area contributed by atoms with Gasteiger partial charge < -0.3 is 14.6 Å². The van der Waals surface area contributed by atoms with Gasteiger partial charge in [0.1, 0.15) is 10.9 Å². The first-order valence-electron chi connectivity index (χ1n) is 8.67. The number of nitrogens with one attached hydrogen (secondary N) is 1. The lowest BCUT2D eigenvalue weighted by Crippen LogP contribution is -2.20. The van der Waals surface area contributed by atoms with Crippen molar-refractivity contribution in [2.45, 2.75) is 26.3 Å². The minimum atomic E-state index is -3.09. The highest BCUT2D eigenvalue weighted by atomic mass is 35.5. The van der Waals surface area contributed by atoms with Gasteiger partial charge in [0.15, 0.2) is 22.3 Å². The lowest BCUT2D eigenvalue weighted by atomic mass is 10.2. The number of halogens is 1. The minimum absolute atomic E-state index is 0.0147. The Balaban J connectivity index is 1.58. The molecule has 1 aliphatic rings. The van der Waals surface area contributed by atoms with Crippen LogP contribution in [0.1, 0.15) is 29.5 Å². The van der Waals surface area contributed by atoms with Crippen LogP contribution >= 0.6 is 11.6 Å². The molecule has 0 bridgehead atoms. The molecular weight excluding hydrogens is 424 g/mol. The van der Waals surface area contributed by atoms with Gasteiger partial charge in [-0.1, -0.05) is 16.8 Å². The lowest BCUT2D eigenvalue weighted by Gasteiger charge is -2.09. The number of rotatable bonds is 6. The summed E-state index contributed by atoms with van der Waals surface area (Å²) < 4.78 is 34.5. The van der Waals surface area contributed by atoms with Crippen molar-refractivity contribution in [1.29, 1.82) is 0 Å². The molecule has 1 fully saturated rings. The monoisotopic (exact) mass is 442 g/mol. The zero-order valence-corrected chi connectivity index (χ0v) is 17.3. The maximum absolute atomic E-state index is 11.9. The van der Waals surface area contributed by atoms with Crippen LogP contribution in [0, 0.1) is 13.8 Å². The predicted molar refractivity (Wildman–Crippen MR) is 104 cm³/mol. The average Bonchev–Trinajstić information content (AvgIpc) is 3.29. The van der Waals surface area contributed by atoms with Gasteiger partial charge in [-0.15, -0.1) is 0 Å². The summed E-state index contributed by atoms with van der Waals surface area (Å²) in [5.41, 5.74) is 1.03. The molecule has 0 aromatic carbocycles. The van der Waals surface area contributed by atoms with Gasteiger partial charge in [0.05, 0.1) is 23.2 Å². The molecule has 156 valence electrons. The molecule has 1 unspecified atom stereocenters. The molecule has 1 amide bonds. The van der Waals surface area contributed by atoms with E-state index in [1.54, 1.807) is 13.8 Å². The van der Waals surface area contributed by atoms with Crippen LogP contribution in [0.15, 0.2) is 16.7 Å². The number of anilines is 1. The molecule has 10 nitrogen and oxygen atoms in total. The van der Waals surface area contributed by atoms with Gasteiger partial charge >= 0.3 is 5.97 Å². The third-order valence-electron chi connectivity index (χ3n) is 4.25. The van der Waals surface area contributed by atoms with E-state index >= 15 is 0 Å². The highest BCUT2D eigenvalue weighted by Crippen LogP contribution is 2.30. The molecule has 1 saturated heterocycles. The minimum Gasteiger partial charge on any atom is -0.452 e. The Kier molecular flexibility index (Phi) is 6.08. The van der Waals surface area contributed by atoms with Gasteiger partial charge in [0.25, 0.3) is 5.91 Å². The fourth-order valence-electron chi connectivity index (χ4n) is 2.87. The van der Waals surface area contributed by atoms with Crippen molar-refractivity contribution in [3.8, 4) is 0 Å². The second-order valence-electron chi connectivity index (χ2n) is 6.60. The molecule has 0 radical (unpaired) electrons. The Bertz CT molecular complexity index is 1070. The Hall–Kier alpha value is -2.66. The number of hydrogen-bond donors (Lipinski definition) is 1. The molecule has 2 aromatic rings. The number of aryl methyl sites for hydroxylation is 2. The van der Waals surface area contributed by atoms with E-state index in [0.717, 1.165) is 6.08 Å². The van der Waals surface area contributed by atoms with Crippen LogP contribution in [0.2, 0.25) is 5.15 Å². The van der Waals surface area contributed by atoms with Crippen molar-refractivity contribution in [3.05, 3.63) is 34.3 Å². The normalized spacial score (nSPS) is 18.2. The number of carbonyl (C=O) groups is 2. The molecule has 3 rings (SSSR count). The van der Waals surface area contributed by atoms with Crippen LogP contribution < -0.4 is 5.32 Å². The molecule has 0 spiro atoms. The van der Waals surface area contributed by atoms with Crippen LogP contribution in [0.5, 0.6) is 0 Å². The molecule has 1 N–H and O–H groups in total. The number of carbonyl (C=O) groups excluding carboxylic acids is 2. The van der Waals surface area contributed by atoms with Gasteiger partial charge in [-0.2, -0.15) is 5.10 Å². The Labute approximate surface area is 171 Å². The van der Waals surface area contributed by atoms with E-state index in [-0.39, 0.29) is 28.5 Å². The van der Waals surface area contributed by atoms with Gasteiger partial charge in [0.2, 0.25) is 0 Å². The van der Waals surface area contributed by atoms with Crippen molar-refractivity contribution in [3.63, 3.8) is 0 Å². The summed E-state index contributed by atoms with van der Waals surface area (Å²) in [6, 6.07) is 1.20.